The number of hydrogen-bond acceptors (Lipinski definition) is 2. The fraction of sp³-hybridized carbons (Fsp3) is 0.500. The molecule has 0 aliphatic carbocycles. The number of benzene rings is 1. The van der Waals surface area contributed by atoms with Crippen LogP contribution < -0.4 is 4.74 Å². The van der Waals surface area contributed by atoms with Gasteiger partial charge in [0.2, 0.25) is 0 Å². The third-order valence-corrected chi connectivity index (χ3v) is 4.23. The molecule has 1 aliphatic heterocycles. The number of alkyl halides is 1. The second-order valence-corrected chi connectivity index (χ2v) is 5.86. The largest absolute Gasteiger partial charge is 0.484 e. The van der Waals surface area contributed by atoms with Crippen molar-refractivity contribution < 1.29 is 9.53 Å². The quantitative estimate of drug-likeness (QED) is 0.803. The van der Waals surface area contributed by atoms with Gasteiger partial charge in [-0.25, -0.2) is 0 Å². The zero-order valence-corrected chi connectivity index (χ0v) is 12.3. The maximum Gasteiger partial charge on any atom is 0.260 e. The van der Waals surface area contributed by atoms with E-state index in [0.29, 0.717) is 29.8 Å². The summed E-state index contributed by atoms with van der Waals surface area (Å²) < 4.78 is 5.46. The summed E-state index contributed by atoms with van der Waals surface area (Å²) in [7, 11) is 0. The van der Waals surface area contributed by atoms with Gasteiger partial charge in [0.05, 0.1) is 0 Å². The Kier molecular flexibility index (Phi) is 4.94. The van der Waals surface area contributed by atoms with Crippen LogP contribution in [0.3, 0.4) is 0 Å². The Labute approximate surface area is 123 Å². The van der Waals surface area contributed by atoms with Gasteiger partial charge in [-0.05, 0) is 36.6 Å². The highest BCUT2D eigenvalue weighted by atomic mass is 35.5. The number of hydrogen-bond donors (Lipinski definition) is 0. The first-order valence-electron chi connectivity index (χ1n) is 6.36. The molecule has 0 N–H and O–H groups in total. The van der Waals surface area contributed by atoms with Gasteiger partial charge in [0, 0.05) is 23.5 Å². The minimum Gasteiger partial charge on any atom is -0.484 e. The molecule has 1 heterocycles. The molecule has 0 aromatic heterocycles. The van der Waals surface area contributed by atoms with E-state index in [1.54, 1.807) is 24.3 Å². The average molecular weight is 302 g/mol. The predicted molar refractivity (Wildman–Crippen MR) is 76.9 cm³/mol. The highest BCUT2D eigenvalue weighted by Crippen LogP contribution is 2.22. The third kappa shape index (κ3) is 4.02. The summed E-state index contributed by atoms with van der Waals surface area (Å²) in [4.78, 5) is 13.8. The van der Waals surface area contributed by atoms with Gasteiger partial charge in [-0.3, -0.25) is 4.79 Å². The van der Waals surface area contributed by atoms with Crippen LogP contribution in [-0.2, 0) is 4.79 Å². The zero-order valence-electron chi connectivity index (χ0n) is 10.8. The molecule has 1 aromatic rings. The molecule has 0 spiro atoms. The van der Waals surface area contributed by atoms with Crippen LogP contribution in [0.5, 0.6) is 5.75 Å². The van der Waals surface area contributed by atoms with Crippen molar-refractivity contribution in [3.8, 4) is 5.75 Å². The maximum absolute atomic E-state index is 12.0. The Hall–Kier alpha value is -0.930. The number of amides is 1. The molecular weight excluding hydrogens is 285 g/mol. The van der Waals surface area contributed by atoms with E-state index in [2.05, 4.69) is 6.92 Å². The summed E-state index contributed by atoms with van der Waals surface area (Å²) in [6.45, 7) is 3.54. The number of piperidine rings is 1. The molecule has 2 unspecified atom stereocenters. The van der Waals surface area contributed by atoms with Crippen LogP contribution in [0.1, 0.15) is 13.3 Å². The summed E-state index contributed by atoms with van der Waals surface area (Å²) in [6, 6.07) is 6.98. The van der Waals surface area contributed by atoms with Crippen LogP contribution in [0.15, 0.2) is 24.3 Å². The molecule has 104 valence electrons. The van der Waals surface area contributed by atoms with Crippen molar-refractivity contribution in [1.29, 1.82) is 0 Å². The van der Waals surface area contributed by atoms with E-state index in [4.69, 9.17) is 27.9 Å². The first-order chi connectivity index (χ1) is 9.06. The van der Waals surface area contributed by atoms with Gasteiger partial charge in [-0.15, -0.1) is 11.6 Å². The predicted octanol–water partition coefficient (Wildman–Crippen LogP) is 3.19. The first kappa shape index (κ1) is 14.5. The zero-order chi connectivity index (χ0) is 13.8. The lowest BCUT2D eigenvalue weighted by molar-refractivity contribution is -0.135. The summed E-state index contributed by atoms with van der Waals surface area (Å²) in [5.41, 5.74) is 0. The number of carbonyl (C=O) groups excluding carboxylic acids is 1. The number of halogens is 2. The number of ether oxygens (including phenoxy) is 1. The first-order valence-corrected chi connectivity index (χ1v) is 7.18. The van der Waals surface area contributed by atoms with E-state index in [-0.39, 0.29) is 17.9 Å². The van der Waals surface area contributed by atoms with Crippen LogP contribution in [0.25, 0.3) is 0 Å². The van der Waals surface area contributed by atoms with E-state index in [1.807, 2.05) is 4.90 Å². The van der Waals surface area contributed by atoms with E-state index in [0.717, 1.165) is 6.42 Å². The minimum atomic E-state index is 0.00497. The molecule has 1 aliphatic rings. The normalized spacial score (nSPS) is 23.2. The molecule has 2 rings (SSSR count). The minimum absolute atomic E-state index is 0.00497. The van der Waals surface area contributed by atoms with E-state index in [1.165, 1.54) is 0 Å². The van der Waals surface area contributed by atoms with Gasteiger partial charge in [-0.2, -0.15) is 0 Å². The summed E-state index contributed by atoms with van der Waals surface area (Å²) in [5, 5.41) is 0.818. The molecule has 2 atom stereocenters. The summed E-state index contributed by atoms with van der Waals surface area (Å²) in [5.74, 6) is 0.985. The van der Waals surface area contributed by atoms with E-state index < -0.39 is 0 Å². The second-order valence-electron chi connectivity index (χ2n) is 4.86. The Bertz CT molecular complexity index is 436. The van der Waals surface area contributed by atoms with Gasteiger partial charge >= 0.3 is 0 Å². The SMILES string of the molecule is CC1CN(C(=O)COc2ccc(Cl)cc2)CCC1Cl. The molecule has 19 heavy (non-hydrogen) atoms. The van der Waals surface area contributed by atoms with Crippen molar-refractivity contribution in [2.45, 2.75) is 18.7 Å². The van der Waals surface area contributed by atoms with Crippen LogP contribution in [0.4, 0.5) is 0 Å². The topological polar surface area (TPSA) is 29.5 Å². The summed E-state index contributed by atoms with van der Waals surface area (Å²) in [6.07, 6.45) is 0.843. The Balaban J connectivity index is 1.83. The standard InChI is InChI=1S/C14H17Cl2NO2/c1-10-8-17(7-6-13(10)16)14(18)9-19-12-4-2-11(15)3-5-12/h2-5,10,13H,6-9H2,1H3. The molecule has 1 aromatic carbocycles. The van der Waals surface area contributed by atoms with Crippen LogP contribution in [0.2, 0.25) is 5.02 Å². The molecule has 1 amide bonds. The lowest BCUT2D eigenvalue weighted by Gasteiger charge is -2.34. The van der Waals surface area contributed by atoms with Gasteiger partial charge in [0.25, 0.3) is 5.91 Å². The molecule has 5 heteroatoms. The van der Waals surface area contributed by atoms with Crippen molar-refractivity contribution >= 4 is 29.1 Å². The molecule has 3 nitrogen and oxygen atoms in total. The molecular formula is C14H17Cl2NO2. The van der Waals surface area contributed by atoms with Crippen molar-refractivity contribution in [1.82, 2.24) is 4.90 Å². The Morgan fingerprint density at radius 3 is 2.74 bits per heavy atom. The average Bonchev–Trinajstić information content (AvgIpc) is 2.41. The maximum atomic E-state index is 12.0. The Morgan fingerprint density at radius 1 is 1.42 bits per heavy atom. The van der Waals surface area contributed by atoms with E-state index in [9.17, 15) is 4.79 Å². The van der Waals surface area contributed by atoms with Crippen molar-refractivity contribution in [2.75, 3.05) is 19.7 Å². The summed E-state index contributed by atoms with van der Waals surface area (Å²) >= 11 is 11.9. The molecule has 1 fully saturated rings. The lowest BCUT2D eigenvalue weighted by atomic mass is 10.00. The van der Waals surface area contributed by atoms with Gasteiger partial charge < -0.3 is 9.64 Å². The molecule has 0 saturated carbocycles. The lowest BCUT2D eigenvalue weighted by Crippen LogP contribution is -2.45. The van der Waals surface area contributed by atoms with E-state index >= 15 is 0 Å². The monoisotopic (exact) mass is 301 g/mol. The Morgan fingerprint density at radius 2 is 2.11 bits per heavy atom. The van der Waals surface area contributed by atoms with Gasteiger partial charge in [0.1, 0.15) is 5.75 Å². The highest BCUT2D eigenvalue weighted by Gasteiger charge is 2.27. The van der Waals surface area contributed by atoms with Crippen LogP contribution in [0, 0.1) is 5.92 Å². The number of rotatable bonds is 3. The fourth-order valence-corrected chi connectivity index (χ4v) is 2.41. The number of likely N-dealkylation sites (tertiary alicyclic amines) is 1. The fourth-order valence-electron chi connectivity index (χ4n) is 2.11. The van der Waals surface area contributed by atoms with Crippen LogP contribution in [-0.4, -0.2) is 35.9 Å². The second kappa shape index (κ2) is 6.49. The highest BCUT2D eigenvalue weighted by molar-refractivity contribution is 6.30. The molecule has 1 saturated heterocycles. The molecule has 0 radical (unpaired) electrons. The third-order valence-electron chi connectivity index (χ3n) is 3.33. The smallest absolute Gasteiger partial charge is 0.260 e. The van der Waals surface area contributed by atoms with Gasteiger partial charge in [0.15, 0.2) is 6.61 Å². The number of nitrogens with zero attached hydrogens (tertiary/aromatic N) is 1. The number of carbonyl (C=O) groups is 1. The molecule has 0 bridgehead atoms. The van der Waals surface area contributed by atoms with Gasteiger partial charge in [-0.1, -0.05) is 18.5 Å². The van der Waals surface area contributed by atoms with Crippen molar-refractivity contribution in [3.05, 3.63) is 29.3 Å². The van der Waals surface area contributed by atoms with Crippen molar-refractivity contribution in [2.24, 2.45) is 5.92 Å². The van der Waals surface area contributed by atoms with Crippen molar-refractivity contribution in [3.63, 3.8) is 0 Å². The van der Waals surface area contributed by atoms with Crippen LogP contribution >= 0.6 is 23.2 Å².